The van der Waals surface area contributed by atoms with Crippen LogP contribution in [0.3, 0.4) is 0 Å². The highest BCUT2D eigenvalue weighted by atomic mass is 16.4. The molecule has 0 saturated carbocycles. The quantitative estimate of drug-likeness (QED) is 0.388. The highest BCUT2D eigenvalue weighted by molar-refractivity contribution is 5.89. The number of benzene rings is 1. The maximum Gasteiger partial charge on any atom is 0.325 e. The van der Waals surface area contributed by atoms with Crippen molar-refractivity contribution < 1.29 is 14.7 Å². The molecule has 2 aromatic heterocycles. The van der Waals surface area contributed by atoms with Gasteiger partial charge in [0.05, 0.1) is 0 Å². The van der Waals surface area contributed by atoms with E-state index in [4.69, 9.17) is 4.98 Å². The summed E-state index contributed by atoms with van der Waals surface area (Å²) in [4.78, 5) is 35.0. The number of carbonyl (C=O) groups is 2. The average Bonchev–Trinajstić information content (AvgIpc) is 3.30. The second-order valence-electron chi connectivity index (χ2n) is 9.85. The largest absolute Gasteiger partial charge is 0.480 e. The van der Waals surface area contributed by atoms with Gasteiger partial charge in [-0.15, -0.1) is 0 Å². The van der Waals surface area contributed by atoms with Crippen molar-refractivity contribution in [3.8, 4) is 0 Å². The van der Waals surface area contributed by atoms with Crippen molar-refractivity contribution in [3.63, 3.8) is 0 Å². The lowest BCUT2D eigenvalue weighted by Gasteiger charge is -2.35. The molecular formula is C28H34N4O3. The summed E-state index contributed by atoms with van der Waals surface area (Å²) in [6.07, 6.45) is 8.84. The zero-order valence-corrected chi connectivity index (χ0v) is 20.1. The number of aliphatic carboxylic acids is 1. The van der Waals surface area contributed by atoms with Gasteiger partial charge >= 0.3 is 5.97 Å². The van der Waals surface area contributed by atoms with E-state index < -0.39 is 12.0 Å². The van der Waals surface area contributed by atoms with Crippen LogP contribution in [0.4, 0.5) is 5.82 Å². The van der Waals surface area contributed by atoms with Gasteiger partial charge in [-0.2, -0.15) is 0 Å². The Morgan fingerprint density at radius 3 is 2.77 bits per heavy atom. The number of anilines is 1. The Morgan fingerprint density at radius 2 is 1.94 bits per heavy atom. The first-order chi connectivity index (χ1) is 17.1. The van der Waals surface area contributed by atoms with E-state index >= 15 is 0 Å². The van der Waals surface area contributed by atoms with Crippen molar-refractivity contribution in [1.29, 1.82) is 0 Å². The molecular weight excluding hydrogens is 440 g/mol. The standard InChI is InChI=1S/C28H34N4O3/c33-25(10-4-1-7-21-12-11-20-6-5-15-29-27(20)31-21)19-13-16-32(17-14-19)26(28(34)35)23-18-30-24-9-3-2-8-22(23)24/h2-3,8-9,11-12,18-19,26,30H,1,4-7,10,13-17H2,(H,29,31)(H,34,35). The third-order valence-corrected chi connectivity index (χ3v) is 7.56. The molecule has 1 atom stereocenters. The molecule has 0 bridgehead atoms. The molecule has 3 N–H and O–H groups in total. The monoisotopic (exact) mass is 474 g/mol. The first-order valence-corrected chi connectivity index (χ1v) is 12.9. The molecule has 1 saturated heterocycles. The lowest BCUT2D eigenvalue weighted by Crippen LogP contribution is -2.41. The normalized spacial score (nSPS) is 17.6. The van der Waals surface area contributed by atoms with Crippen molar-refractivity contribution in [2.75, 3.05) is 25.0 Å². The molecule has 0 spiro atoms. The highest BCUT2D eigenvalue weighted by Gasteiger charge is 2.34. The number of Topliss-reactive ketones (excluding diaryl/α,β-unsaturated/α-hetero) is 1. The lowest BCUT2D eigenvalue weighted by atomic mass is 9.88. The minimum Gasteiger partial charge on any atom is -0.480 e. The number of carbonyl (C=O) groups excluding carboxylic acids is 1. The fraction of sp³-hybridized carbons (Fsp3) is 0.464. The number of rotatable bonds is 9. The van der Waals surface area contributed by atoms with Crippen LogP contribution < -0.4 is 5.32 Å². The van der Waals surface area contributed by atoms with Gasteiger partial charge in [0.2, 0.25) is 0 Å². The van der Waals surface area contributed by atoms with Crippen molar-refractivity contribution >= 4 is 28.5 Å². The van der Waals surface area contributed by atoms with Crippen LogP contribution in [0.2, 0.25) is 0 Å². The number of piperidine rings is 1. The number of nitrogens with one attached hydrogen (secondary N) is 2. The predicted octanol–water partition coefficient (Wildman–Crippen LogP) is 4.74. The summed E-state index contributed by atoms with van der Waals surface area (Å²) in [5, 5.41) is 14.3. The van der Waals surface area contributed by atoms with E-state index in [1.807, 2.05) is 35.4 Å². The number of pyridine rings is 1. The molecule has 2 aliphatic heterocycles. The van der Waals surface area contributed by atoms with E-state index in [9.17, 15) is 14.7 Å². The summed E-state index contributed by atoms with van der Waals surface area (Å²) in [7, 11) is 0. The van der Waals surface area contributed by atoms with Crippen molar-refractivity contribution in [2.45, 2.75) is 57.4 Å². The van der Waals surface area contributed by atoms with E-state index in [-0.39, 0.29) is 5.92 Å². The number of aromatic nitrogens is 2. The van der Waals surface area contributed by atoms with Crippen molar-refractivity contribution in [2.24, 2.45) is 5.92 Å². The summed E-state index contributed by atoms with van der Waals surface area (Å²) < 4.78 is 0. The molecule has 1 unspecified atom stereocenters. The number of unbranched alkanes of at least 4 members (excludes halogenated alkanes) is 1. The van der Waals surface area contributed by atoms with E-state index in [0.717, 1.165) is 79.5 Å². The van der Waals surface area contributed by atoms with Crippen LogP contribution in [0.1, 0.15) is 61.4 Å². The van der Waals surface area contributed by atoms with Gasteiger partial charge in [0.1, 0.15) is 17.6 Å². The molecule has 7 heteroatoms. The number of ketones is 1. The molecule has 1 fully saturated rings. The third kappa shape index (κ3) is 5.25. The Kier molecular flexibility index (Phi) is 7.13. The molecule has 0 aliphatic carbocycles. The number of nitrogens with zero attached hydrogens (tertiary/aromatic N) is 2. The zero-order chi connectivity index (χ0) is 24.2. The SMILES string of the molecule is O=C(CCCCc1ccc2c(n1)NCCC2)C1CCN(C(C(=O)O)c2c[nH]c3ccccc23)CC1. The second kappa shape index (κ2) is 10.6. The van der Waals surface area contributed by atoms with E-state index in [0.29, 0.717) is 25.3 Å². The molecule has 1 aromatic carbocycles. The first kappa shape index (κ1) is 23.5. The maximum atomic E-state index is 12.8. The number of carboxylic acids is 1. The number of aromatic amines is 1. The molecule has 4 heterocycles. The smallest absolute Gasteiger partial charge is 0.325 e. The highest BCUT2D eigenvalue weighted by Crippen LogP contribution is 2.32. The van der Waals surface area contributed by atoms with Crippen LogP contribution in [0, 0.1) is 5.92 Å². The fourth-order valence-corrected chi connectivity index (χ4v) is 5.60. The molecule has 7 nitrogen and oxygen atoms in total. The molecule has 35 heavy (non-hydrogen) atoms. The maximum absolute atomic E-state index is 12.8. The van der Waals surface area contributed by atoms with Crippen LogP contribution >= 0.6 is 0 Å². The Morgan fingerprint density at radius 1 is 1.11 bits per heavy atom. The molecule has 184 valence electrons. The van der Waals surface area contributed by atoms with Gasteiger partial charge in [0.25, 0.3) is 0 Å². The summed E-state index contributed by atoms with van der Waals surface area (Å²) >= 11 is 0. The lowest BCUT2D eigenvalue weighted by molar-refractivity contribution is -0.144. The fourth-order valence-electron chi connectivity index (χ4n) is 5.60. The Hall–Kier alpha value is -3.19. The molecule has 0 radical (unpaired) electrons. The van der Waals surface area contributed by atoms with Gasteiger partial charge in [-0.1, -0.05) is 24.3 Å². The third-order valence-electron chi connectivity index (χ3n) is 7.56. The van der Waals surface area contributed by atoms with Crippen molar-refractivity contribution in [3.05, 3.63) is 59.4 Å². The molecule has 0 amide bonds. The van der Waals surface area contributed by atoms with E-state index in [1.54, 1.807) is 0 Å². The van der Waals surface area contributed by atoms with Gasteiger partial charge in [0.15, 0.2) is 0 Å². The van der Waals surface area contributed by atoms with Crippen LogP contribution in [-0.4, -0.2) is 51.4 Å². The van der Waals surface area contributed by atoms with Crippen LogP contribution in [0.5, 0.6) is 0 Å². The number of carboxylic acid groups (broad SMARTS) is 1. The number of aryl methyl sites for hydroxylation is 2. The Bertz CT molecular complexity index is 1200. The number of likely N-dealkylation sites (tertiary alicyclic amines) is 1. The van der Waals surface area contributed by atoms with E-state index in [1.165, 1.54) is 5.56 Å². The molecule has 5 rings (SSSR count). The van der Waals surface area contributed by atoms with Gasteiger partial charge in [-0.25, -0.2) is 4.98 Å². The minimum atomic E-state index is -0.842. The summed E-state index contributed by atoms with van der Waals surface area (Å²) in [5.41, 5.74) is 4.14. The van der Waals surface area contributed by atoms with Crippen LogP contribution in [-0.2, 0) is 22.4 Å². The van der Waals surface area contributed by atoms with Crippen LogP contribution in [0.25, 0.3) is 10.9 Å². The van der Waals surface area contributed by atoms with Crippen molar-refractivity contribution in [1.82, 2.24) is 14.9 Å². The number of para-hydroxylation sites is 1. The predicted molar refractivity (Wildman–Crippen MR) is 137 cm³/mol. The van der Waals surface area contributed by atoms with Gasteiger partial charge in [0, 0.05) is 47.2 Å². The summed E-state index contributed by atoms with van der Waals surface area (Å²) in [6.45, 7) is 2.24. The Labute approximate surface area is 205 Å². The molecule has 2 aliphatic rings. The second-order valence-corrected chi connectivity index (χ2v) is 9.85. The topological polar surface area (TPSA) is 98.3 Å². The van der Waals surface area contributed by atoms with Gasteiger partial charge in [-0.3, -0.25) is 14.5 Å². The summed E-state index contributed by atoms with van der Waals surface area (Å²) in [6, 6.07) is 11.4. The van der Waals surface area contributed by atoms with E-state index in [2.05, 4.69) is 22.4 Å². The number of H-pyrrole nitrogens is 1. The number of hydrogen-bond donors (Lipinski definition) is 3. The van der Waals surface area contributed by atoms with Gasteiger partial charge in [-0.05, 0) is 75.7 Å². The Balaban J connectivity index is 1.10. The number of fused-ring (bicyclic) bond motifs is 2. The first-order valence-electron chi connectivity index (χ1n) is 12.9. The van der Waals surface area contributed by atoms with Crippen LogP contribution in [0.15, 0.2) is 42.6 Å². The summed E-state index contributed by atoms with van der Waals surface area (Å²) in [5.74, 6) is 0.549. The van der Waals surface area contributed by atoms with Gasteiger partial charge < -0.3 is 15.4 Å². The molecule has 3 aromatic rings. The number of hydrogen-bond acceptors (Lipinski definition) is 5. The zero-order valence-electron chi connectivity index (χ0n) is 20.1. The minimum absolute atomic E-state index is 0.0368. The average molecular weight is 475 g/mol.